The fraction of sp³-hybridized carbons (Fsp3) is 0.333. The molecule has 1 amide bonds. The fourth-order valence-corrected chi connectivity index (χ4v) is 6.27. The normalized spacial score (nSPS) is 18.1. The fourth-order valence-electron chi connectivity index (χ4n) is 3.62. The predicted molar refractivity (Wildman–Crippen MR) is 111 cm³/mol. The molecule has 0 fully saturated rings. The molecule has 0 saturated heterocycles. The topological polar surface area (TPSA) is 55.4 Å². The van der Waals surface area contributed by atoms with Crippen molar-refractivity contribution >= 4 is 46.7 Å². The minimum absolute atomic E-state index is 0.179. The smallest absolute Gasteiger partial charge is 0.339 e. The minimum atomic E-state index is -0.460. The lowest BCUT2D eigenvalue weighted by molar-refractivity contribution is -0.112. The molecule has 27 heavy (non-hydrogen) atoms. The molecule has 2 aliphatic rings. The summed E-state index contributed by atoms with van der Waals surface area (Å²) in [5.41, 5.74) is 3.77. The Morgan fingerprint density at radius 2 is 2.04 bits per heavy atom. The summed E-state index contributed by atoms with van der Waals surface area (Å²) in [7, 11) is 1.33. The van der Waals surface area contributed by atoms with E-state index in [1.54, 1.807) is 36.0 Å². The van der Waals surface area contributed by atoms with Crippen molar-refractivity contribution in [3.05, 3.63) is 55.6 Å². The van der Waals surface area contributed by atoms with Crippen LogP contribution in [0, 0.1) is 5.92 Å². The maximum atomic E-state index is 12.8. The quantitative estimate of drug-likeness (QED) is 0.747. The van der Waals surface area contributed by atoms with Gasteiger partial charge in [-0.1, -0.05) is 19.1 Å². The average Bonchev–Trinajstić information content (AvgIpc) is 3.04. The lowest BCUT2D eigenvalue weighted by atomic mass is 9.88. The second kappa shape index (κ2) is 7.52. The SMILES string of the molecule is COC(=O)c1ccccc1NC(=O)C1=Cc2sc3c(c2CS1)CC[C@@H](C)C3. The molecule has 4 rings (SSSR count). The van der Waals surface area contributed by atoms with Crippen molar-refractivity contribution in [3.8, 4) is 0 Å². The summed E-state index contributed by atoms with van der Waals surface area (Å²) < 4.78 is 4.80. The van der Waals surface area contributed by atoms with E-state index in [4.69, 9.17) is 4.74 Å². The van der Waals surface area contributed by atoms with Crippen molar-refractivity contribution in [2.24, 2.45) is 5.92 Å². The number of para-hydroxylation sites is 1. The van der Waals surface area contributed by atoms with Gasteiger partial charge in [0, 0.05) is 15.5 Å². The van der Waals surface area contributed by atoms with Gasteiger partial charge in [-0.05, 0) is 54.5 Å². The number of methoxy groups -OCH3 is 1. The van der Waals surface area contributed by atoms with Gasteiger partial charge < -0.3 is 10.1 Å². The summed E-state index contributed by atoms with van der Waals surface area (Å²) in [6, 6.07) is 6.91. The molecule has 4 nitrogen and oxygen atoms in total. The molecular weight excluding hydrogens is 378 g/mol. The highest BCUT2D eigenvalue weighted by atomic mass is 32.2. The number of rotatable bonds is 3. The molecule has 2 heterocycles. The summed E-state index contributed by atoms with van der Waals surface area (Å²) in [5.74, 6) is 0.945. The molecule has 6 heteroatoms. The van der Waals surface area contributed by atoms with Gasteiger partial charge in [0.05, 0.1) is 23.3 Å². The summed E-state index contributed by atoms with van der Waals surface area (Å²) in [6.07, 6.45) is 5.57. The zero-order valence-electron chi connectivity index (χ0n) is 15.3. The number of ether oxygens (including phenoxy) is 1. The van der Waals surface area contributed by atoms with E-state index in [-0.39, 0.29) is 5.91 Å². The van der Waals surface area contributed by atoms with E-state index >= 15 is 0 Å². The molecule has 1 N–H and O–H groups in total. The Labute approximate surface area is 167 Å². The third-order valence-electron chi connectivity index (χ3n) is 5.09. The van der Waals surface area contributed by atoms with E-state index < -0.39 is 5.97 Å². The summed E-state index contributed by atoms with van der Waals surface area (Å²) in [4.78, 5) is 28.1. The monoisotopic (exact) mass is 399 g/mol. The van der Waals surface area contributed by atoms with Crippen molar-refractivity contribution in [3.63, 3.8) is 0 Å². The van der Waals surface area contributed by atoms with Crippen LogP contribution in [0.5, 0.6) is 0 Å². The van der Waals surface area contributed by atoms with Crippen LogP contribution >= 0.6 is 23.1 Å². The van der Waals surface area contributed by atoms with E-state index in [9.17, 15) is 9.59 Å². The van der Waals surface area contributed by atoms with Gasteiger partial charge in [0.1, 0.15) is 0 Å². The van der Waals surface area contributed by atoms with Crippen LogP contribution in [0.3, 0.4) is 0 Å². The van der Waals surface area contributed by atoms with Gasteiger partial charge in [-0.15, -0.1) is 23.1 Å². The Bertz CT molecular complexity index is 945. The van der Waals surface area contributed by atoms with Crippen LogP contribution in [0.4, 0.5) is 5.69 Å². The van der Waals surface area contributed by atoms with Gasteiger partial charge in [-0.2, -0.15) is 0 Å². The first-order valence-corrected chi connectivity index (χ1v) is 10.8. The number of anilines is 1. The molecule has 0 saturated carbocycles. The number of hydrogen-bond acceptors (Lipinski definition) is 5. The van der Waals surface area contributed by atoms with Crippen LogP contribution in [0.25, 0.3) is 6.08 Å². The van der Waals surface area contributed by atoms with E-state index in [0.29, 0.717) is 16.2 Å². The highest BCUT2D eigenvalue weighted by Crippen LogP contribution is 2.43. The van der Waals surface area contributed by atoms with E-state index in [1.807, 2.05) is 17.4 Å². The van der Waals surface area contributed by atoms with Gasteiger partial charge >= 0.3 is 5.97 Å². The molecule has 1 atom stereocenters. The zero-order chi connectivity index (χ0) is 19.0. The molecule has 0 unspecified atom stereocenters. The van der Waals surface area contributed by atoms with Crippen LogP contribution in [0.15, 0.2) is 29.2 Å². The molecule has 0 spiro atoms. The van der Waals surface area contributed by atoms with Crippen molar-refractivity contribution in [2.45, 2.75) is 31.9 Å². The molecule has 2 aromatic rings. The molecule has 0 radical (unpaired) electrons. The van der Waals surface area contributed by atoms with Gasteiger partial charge in [0.25, 0.3) is 5.91 Å². The summed E-state index contributed by atoms with van der Waals surface area (Å²) >= 11 is 3.41. The van der Waals surface area contributed by atoms with Gasteiger partial charge in [0.2, 0.25) is 0 Å². The number of benzene rings is 1. The van der Waals surface area contributed by atoms with Gasteiger partial charge in [0.15, 0.2) is 0 Å². The summed E-state index contributed by atoms with van der Waals surface area (Å²) in [6.45, 7) is 2.31. The Hall–Kier alpha value is -2.05. The van der Waals surface area contributed by atoms with E-state index in [1.165, 1.54) is 34.4 Å². The maximum absolute atomic E-state index is 12.8. The van der Waals surface area contributed by atoms with Gasteiger partial charge in [-0.25, -0.2) is 4.79 Å². The second-order valence-electron chi connectivity index (χ2n) is 6.98. The van der Waals surface area contributed by atoms with Crippen molar-refractivity contribution in [1.29, 1.82) is 0 Å². The number of thiophene rings is 1. The average molecular weight is 400 g/mol. The number of nitrogens with one attached hydrogen (secondary N) is 1. The molecule has 1 aliphatic heterocycles. The number of carbonyl (C=O) groups excluding carboxylic acids is 2. The number of thioether (sulfide) groups is 1. The van der Waals surface area contributed by atoms with Gasteiger partial charge in [-0.3, -0.25) is 4.79 Å². The highest BCUT2D eigenvalue weighted by molar-refractivity contribution is 8.03. The Balaban J connectivity index is 1.58. The Morgan fingerprint density at radius 3 is 2.85 bits per heavy atom. The standard InChI is InChI=1S/C21H21NO3S2/c1-12-7-8-13-15-11-26-19(10-18(15)27-17(13)9-12)20(23)22-16-6-4-3-5-14(16)21(24)25-2/h3-6,10,12H,7-9,11H2,1-2H3,(H,22,23)/t12-/m1/s1. The molecule has 140 valence electrons. The first kappa shape index (κ1) is 18.3. The first-order valence-electron chi connectivity index (χ1n) is 9.03. The van der Waals surface area contributed by atoms with Crippen molar-refractivity contribution in [2.75, 3.05) is 12.4 Å². The molecule has 0 bridgehead atoms. The minimum Gasteiger partial charge on any atom is -0.465 e. The molecule has 1 aromatic heterocycles. The molecule has 1 aliphatic carbocycles. The second-order valence-corrected chi connectivity index (χ2v) is 9.14. The number of esters is 1. The molecule has 1 aromatic carbocycles. The zero-order valence-corrected chi connectivity index (χ0v) is 17.0. The number of fused-ring (bicyclic) bond motifs is 3. The first-order chi connectivity index (χ1) is 13.1. The van der Waals surface area contributed by atoms with Crippen LogP contribution in [-0.2, 0) is 28.1 Å². The maximum Gasteiger partial charge on any atom is 0.339 e. The lowest BCUT2D eigenvalue weighted by Crippen LogP contribution is -2.17. The van der Waals surface area contributed by atoms with Crippen LogP contribution in [0.2, 0.25) is 0 Å². The third-order valence-corrected chi connectivity index (χ3v) is 7.38. The van der Waals surface area contributed by atoms with Crippen LogP contribution < -0.4 is 5.32 Å². The lowest BCUT2D eigenvalue weighted by Gasteiger charge is -2.20. The number of amides is 1. The number of carbonyl (C=O) groups is 2. The van der Waals surface area contributed by atoms with E-state index in [0.717, 1.165) is 24.5 Å². The van der Waals surface area contributed by atoms with Crippen LogP contribution in [0.1, 0.15) is 44.6 Å². The molecular formula is C21H21NO3S2. The largest absolute Gasteiger partial charge is 0.465 e. The van der Waals surface area contributed by atoms with Crippen molar-refractivity contribution in [1.82, 2.24) is 0 Å². The Kier molecular flexibility index (Phi) is 5.10. The number of hydrogen-bond donors (Lipinski definition) is 1. The van der Waals surface area contributed by atoms with Crippen molar-refractivity contribution < 1.29 is 14.3 Å². The summed E-state index contributed by atoms with van der Waals surface area (Å²) in [5, 5.41) is 2.87. The highest BCUT2D eigenvalue weighted by Gasteiger charge is 2.27. The van der Waals surface area contributed by atoms with E-state index in [2.05, 4.69) is 12.2 Å². The predicted octanol–water partition coefficient (Wildman–Crippen LogP) is 4.89. The third kappa shape index (κ3) is 3.56. The van der Waals surface area contributed by atoms with Crippen LogP contribution in [-0.4, -0.2) is 19.0 Å². The Morgan fingerprint density at radius 1 is 1.22 bits per heavy atom.